The van der Waals surface area contributed by atoms with Crippen molar-refractivity contribution < 1.29 is 19.4 Å². The fourth-order valence-electron chi connectivity index (χ4n) is 2.60. The van der Waals surface area contributed by atoms with Crippen molar-refractivity contribution in [1.82, 2.24) is 5.32 Å². The van der Waals surface area contributed by atoms with Crippen molar-refractivity contribution in [3.8, 4) is 11.5 Å². The number of fused-ring (bicyclic) bond motifs is 1. The molecule has 0 spiro atoms. The monoisotopic (exact) mass is 347 g/mol. The molecule has 6 heteroatoms. The molecule has 0 radical (unpaired) electrons. The van der Waals surface area contributed by atoms with Crippen LogP contribution in [0.1, 0.15) is 12.0 Å². The van der Waals surface area contributed by atoms with Gasteiger partial charge in [-0.15, -0.1) is 0 Å². The van der Waals surface area contributed by atoms with Crippen molar-refractivity contribution in [2.75, 3.05) is 19.8 Å². The molecule has 0 aliphatic carbocycles. The van der Waals surface area contributed by atoms with Gasteiger partial charge in [0.05, 0.1) is 13.2 Å². The summed E-state index contributed by atoms with van der Waals surface area (Å²) in [7, 11) is 0. The Morgan fingerprint density at radius 1 is 1.25 bits per heavy atom. The Morgan fingerprint density at radius 3 is 2.79 bits per heavy atom. The zero-order valence-corrected chi connectivity index (χ0v) is 13.8. The van der Waals surface area contributed by atoms with Crippen LogP contribution in [0.5, 0.6) is 11.5 Å². The zero-order chi connectivity index (χ0) is 17.0. The molecule has 2 aromatic rings. The third kappa shape index (κ3) is 3.80. The van der Waals surface area contributed by atoms with Crippen LogP contribution in [0.2, 0.25) is 5.02 Å². The van der Waals surface area contributed by atoms with Gasteiger partial charge >= 0.3 is 0 Å². The lowest BCUT2D eigenvalue weighted by Crippen LogP contribution is -2.45. The third-order valence-corrected chi connectivity index (χ3v) is 4.18. The molecule has 1 unspecified atom stereocenters. The molecule has 3 rings (SSSR count). The maximum atomic E-state index is 12.0. The van der Waals surface area contributed by atoms with Gasteiger partial charge < -0.3 is 19.9 Å². The van der Waals surface area contributed by atoms with E-state index in [-0.39, 0.29) is 19.1 Å². The molecular formula is C18H18ClNO4. The number of benzene rings is 2. The molecule has 0 saturated heterocycles. The number of nitrogens with one attached hydrogen (secondary N) is 1. The van der Waals surface area contributed by atoms with E-state index in [4.69, 9.17) is 21.1 Å². The topological polar surface area (TPSA) is 67.8 Å². The van der Waals surface area contributed by atoms with Crippen molar-refractivity contribution in [2.24, 2.45) is 0 Å². The lowest BCUT2D eigenvalue weighted by Gasteiger charge is -2.34. The highest BCUT2D eigenvalue weighted by Gasteiger charge is 2.35. The Kier molecular flexibility index (Phi) is 4.92. The second kappa shape index (κ2) is 7.11. The number of amides is 1. The summed E-state index contributed by atoms with van der Waals surface area (Å²) >= 11 is 5.79. The van der Waals surface area contributed by atoms with Gasteiger partial charge in [-0.25, -0.2) is 0 Å². The molecule has 0 bridgehead atoms. The number of carbonyl (C=O) groups is 1. The molecule has 126 valence electrons. The van der Waals surface area contributed by atoms with Gasteiger partial charge in [0.2, 0.25) is 0 Å². The van der Waals surface area contributed by atoms with Crippen LogP contribution in [0.4, 0.5) is 0 Å². The van der Waals surface area contributed by atoms with Gasteiger partial charge in [0, 0.05) is 17.0 Å². The second-order valence-corrected chi connectivity index (χ2v) is 6.08. The number of aliphatic hydroxyl groups is 1. The number of halogens is 1. The largest absolute Gasteiger partial charge is 0.493 e. The zero-order valence-electron chi connectivity index (χ0n) is 13.0. The summed E-state index contributed by atoms with van der Waals surface area (Å²) in [5, 5.41) is 14.2. The Balaban J connectivity index is 1.55. The van der Waals surface area contributed by atoms with Gasteiger partial charge in [0.15, 0.2) is 6.61 Å². The van der Waals surface area contributed by atoms with Crippen LogP contribution in [0.15, 0.2) is 48.5 Å². The summed E-state index contributed by atoms with van der Waals surface area (Å²) in [6, 6.07) is 14.1. The van der Waals surface area contributed by atoms with Gasteiger partial charge in [0.25, 0.3) is 5.91 Å². The molecule has 1 aliphatic rings. The highest BCUT2D eigenvalue weighted by molar-refractivity contribution is 6.30. The first kappa shape index (κ1) is 16.6. The summed E-state index contributed by atoms with van der Waals surface area (Å²) in [5.41, 5.74) is -0.444. The van der Waals surface area contributed by atoms with Gasteiger partial charge in [-0.05, 0) is 30.3 Å². The average molecular weight is 348 g/mol. The molecule has 0 aromatic heterocycles. The van der Waals surface area contributed by atoms with E-state index in [0.29, 0.717) is 35.1 Å². The number of para-hydroxylation sites is 1. The van der Waals surface area contributed by atoms with E-state index >= 15 is 0 Å². The molecule has 2 N–H and O–H groups in total. The predicted molar refractivity (Wildman–Crippen MR) is 90.4 cm³/mol. The number of hydrogen-bond donors (Lipinski definition) is 2. The second-order valence-electron chi connectivity index (χ2n) is 5.65. The number of rotatable bonds is 5. The maximum Gasteiger partial charge on any atom is 0.258 e. The third-order valence-electron chi connectivity index (χ3n) is 3.92. The standard InChI is InChI=1S/C18H18ClNO4/c19-13-5-7-14(8-6-13)24-11-17(21)20-12-18(22)9-10-23-16-4-2-1-3-15(16)18/h1-8,22H,9-12H2,(H,20,21). The van der Waals surface area contributed by atoms with Crippen LogP contribution in [0.3, 0.4) is 0 Å². The SMILES string of the molecule is O=C(COc1ccc(Cl)cc1)NCC1(O)CCOc2ccccc21. The van der Waals surface area contributed by atoms with Crippen molar-refractivity contribution >= 4 is 17.5 Å². The van der Waals surface area contributed by atoms with E-state index < -0.39 is 5.60 Å². The average Bonchev–Trinajstić information content (AvgIpc) is 2.60. The quantitative estimate of drug-likeness (QED) is 0.872. The number of hydrogen-bond acceptors (Lipinski definition) is 4. The minimum Gasteiger partial charge on any atom is -0.493 e. The van der Waals surface area contributed by atoms with E-state index in [1.807, 2.05) is 24.3 Å². The molecule has 1 amide bonds. The molecule has 24 heavy (non-hydrogen) atoms. The van der Waals surface area contributed by atoms with E-state index in [2.05, 4.69) is 5.32 Å². The van der Waals surface area contributed by atoms with Crippen molar-refractivity contribution in [1.29, 1.82) is 0 Å². The van der Waals surface area contributed by atoms with E-state index in [1.54, 1.807) is 24.3 Å². The molecule has 1 atom stereocenters. The van der Waals surface area contributed by atoms with Gasteiger partial charge in [-0.2, -0.15) is 0 Å². The van der Waals surface area contributed by atoms with Gasteiger partial charge in [-0.3, -0.25) is 4.79 Å². The molecule has 5 nitrogen and oxygen atoms in total. The highest BCUT2D eigenvalue weighted by atomic mass is 35.5. The first-order chi connectivity index (χ1) is 11.6. The van der Waals surface area contributed by atoms with Crippen LogP contribution >= 0.6 is 11.6 Å². The summed E-state index contributed by atoms with van der Waals surface area (Å²) in [6.07, 6.45) is 0.419. The molecule has 0 saturated carbocycles. The smallest absolute Gasteiger partial charge is 0.258 e. The van der Waals surface area contributed by atoms with Crippen molar-refractivity contribution in [3.05, 3.63) is 59.1 Å². The summed E-state index contributed by atoms with van der Waals surface area (Å²) in [4.78, 5) is 12.0. The Hall–Kier alpha value is -2.24. The lowest BCUT2D eigenvalue weighted by molar-refractivity contribution is -0.124. The molecular weight excluding hydrogens is 330 g/mol. The maximum absolute atomic E-state index is 12.0. The molecule has 0 fully saturated rings. The van der Waals surface area contributed by atoms with E-state index in [0.717, 1.165) is 0 Å². The Morgan fingerprint density at radius 2 is 2.00 bits per heavy atom. The van der Waals surface area contributed by atoms with Crippen LogP contribution in [-0.2, 0) is 10.4 Å². The normalized spacial score (nSPS) is 19.1. The molecule has 1 aliphatic heterocycles. The first-order valence-corrected chi connectivity index (χ1v) is 8.04. The highest BCUT2D eigenvalue weighted by Crippen LogP contribution is 2.36. The van der Waals surface area contributed by atoms with E-state index in [9.17, 15) is 9.90 Å². The first-order valence-electron chi connectivity index (χ1n) is 7.67. The van der Waals surface area contributed by atoms with Crippen LogP contribution in [-0.4, -0.2) is 30.8 Å². The molecule has 2 aromatic carbocycles. The summed E-state index contributed by atoms with van der Waals surface area (Å²) < 4.78 is 10.9. The summed E-state index contributed by atoms with van der Waals surface area (Å²) in [6.45, 7) is 0.386. The lowest BCUT2D eigenvalue weighted by atomic mass is 9.88. The van der Waals surface area contributed by atoms with Gasteiger partial charge in [-0.1, -0.05) is 29.8 Å². The van der Waals surface area contributed by atoms with Gasteiger partial charge in [0.1, 0.15) is 17.1 Å². The van der Waals surface area contributed by atoms with Crippen LogP contribution in [0.25, 0.3) is 0 Å². The number of carbonyl (C=O) groups excluding carboxylic acids is 1. The minimum atomic E-state index is -1.13. The van der Waals surface area contributed by atoms with E-state index in [1.165, 1.54) is 0 Å². The minimum absolute atomic E-state index is 0.107. The summed E-state index contributed by atoms with van der Waals surface area (Å²) in [5.74, 6) is 0.907. The fourth-order valence-corrected chi connectivity index (χ4v) is 2.73. The van der Waals surface area contributed by atoms with Crippen LogP contribution in [0, 0.1) is 0 Å². The van der Waals surface area contributed by atoms with Crippen molar-refractivity contribution in [3.63, 3.8) is 0 Å². The fraction of sp³-hybridized carbons (Fsp3) is 0.278. The Bertz CT molecular complexity index is 719. The van der Waals surface area contributed by atoms with Crippen LogP contribution < -0.4 is 14.8 Å². The Labute approximate surface area is 145 Å². The number of ether oxygens (including phenoxy) is 2. The van der Waals surface area contributed by atoms with Crippen molar-refractivity contribution in [2.45, 2.75) is 12.0 Å². The molecule has 1 heterocycles. The predicted octanol–water partition coefficient (Wildman–Crippen LogP) is 2.51.